The van der Waals surface area contributed by atoms with Crippen molar-refractivity contribution >= 4 is 11.5 Å². The Balaban J connectivity index is 1.71. The number of hydrogen-bond donors (Lipinski definition) is 1. The summed E-state index contributed by atoms with van der Waals surface area (Å²) >= 11 is 0. The minimum atomic E-state index is -0.381. The summed E-state index contributed by atoms with van der Waals surface area (Å²) in [6, 6.07) is 6.69. The molecule has 0 spiro atoms. The average molecular weight is 428 g/mol. The molecular formula is C23H33N5O3. The Kier molecular flexibility index (Phi) is 7.92. The lowest BCUT2D eigenvalue weighted by atomic mass is 10.0. The maximum Gasteiger partial charge on any atom is 0.269 e. The van der Waals surface area contributed by atoms with Gasteiger partial charge in [0.15, 0.2) is 0 Å². The van der Waals surface area contributed by atoms with E-state index in [1.807, 2.05) is 13.8 Å². The third kappa shape index (κ3) is 6.21. The van der Waals surface area contributed by atoms with E-state index in [2.05, 4.69) is 21.7 Å². The molecule has 31 heavy (non-hydrogen) atoms. The Morgan fingerprint density at radius 1 is 1.13 bits per heavy atom. The molecule has 0 unspecified atom stereocenters. The number of benzene rings is 1. The summed E-state index contributed by atoms with van der Waals surface area (Å²) in [6.07, 6.45) is 3.41. The molecule has 1 N–H and O–H groups in total. The van der Waals surface area contributed by atoms with E-state index >= 15 is 0 Å². The molecule has 1 aromatic carbocycles. The predicted octanol–water partition coefficient (Wildman–Crippen LogP) is 3.27. The molecule has 0 bridgehead atoms. The Labute approximate surface area is 184 Å². The highest BCUT2D eigenvalue weighted by Crippen LogP contribution is 2.26. The number of non-ortho nitro benzene ring substituents is 1. The van der Waals surface area contributed by atoms with Crippen LogP contribution in [-0.4, -0.2) is 63.7 Å². The lowest BCUT2D eigenvalue weighted by Gasteiger charge is -2.37. The van der Waals surface area contributed by atoms with Gasteiger partial charge in [-0.2, -0.15) is 0 Å². The van der Waals surface area contributed by atoms with E-state index in [9.17, 15) is 15.2 Å². The zero-order valence-electron chi connectivity index (χ0n) is 18.8. The number of rotatable bonds is 9. The number of nitro benzene ring substituents is 1. The molecule has 1 atom stereocenters. The molecule has 3 rings (SSSR count). The van der Waals surface area contributed by atoms with Gasteiger partial charge < -0.3 is 10.0 Å². The maximum absolute atomic E-state index is 10.9. The van der Waals surface area contributed by atoms with Crippen LogP contribution in [0.3, 0.4) is 0 Å². The second-order valence-electron chi connectivity index (χ2n) is 8.34. The summed E-state index contributed by atoms with van der Waals surface area (Å²) in [4.78, 5) is 24.5. The molecule has 1 saturated heterocycles. The topological polar surface area (TPSA) is 95.6 Å². The first-order valence-corrected chi connectivity index (χ1v) is 11.1. The van der Waals surface area contributed by atoms with Crippen LogP contribution in [0.25, 0.3) is 0 Å². The quantitative estimate of drug-likeness (QED) is 0.485. The van der Waals surface area contributed by atoms with Crippen molar-refractivity contribution in [3.05, 3.63) is 57.0 Å². The highest BCUT2D eigenvalue weighted by Gasteiger charge is 2.23. The second kappa shape index (κ2) is 10.6. The van der Waals surface area contributed by atoms with Crippen molar-refractivity contribution < 1.29 is 10.0 Å². The summed E-state index contributed by atoms with van der Waals surface area (Å²) in [5.41, 5.74) is 3.10. The minimum Gasteiger partial charge on any atom is -0.392 e. The number of aliphatic hydroxyl groups excluding tert-OH is 1. The summed E-state index contributed by atoms with van der Waals surface area (Å²) in [6.45, 7) is 10.3. The van der Waals surface area contributed by atoms with E-state index in [0.717, 1.165) is 80.4 Å². The van der Waals surface area contributed by atoms with E-state index in [1.54, 1.807) is 24.3 Å². The van der Waals surface area contributed by atoms with Crippen LogP contribution in [-0.2, 0) is 6.42 Å². The minimum absolute atomic E-state index is 0.0955. The van der Waals surface area contributed by atoms with Crippen molar-refractivity contribution in [2.45, 2.75) is 52.6 Å². The number of β-amino-alcohol motifs (C(OH)–C–C–N with tert-alkyl or cyclic N) is 1. The third-order valence-electron chi connectivity index (χ3n) is 5.86. The Morgan fingerprint density at radius 2 is 1.81 bits per heavy atom. The fraction of sp³-hybridized carbons (Fsp3) is 0.565. The van der Waals surface area contributed by atoms with Crippen LogP contribution in [0.2, 0.25) is 0 Å². The average Bonchev–Trinajstić information content (AvgIpc) is 2.75. The number of anilines is 1. The van der Waals surface area contributed by atoms with Gasteiger partial charge >= 0.3 is 0 Å². The summed E-state index contributed by atoms with van der Waals surface area (Å²) in [5.74, 6) is 1.70. The Bertz CT molecular complexity index is 880. The van der Waals surface area contributed by atoms with Crippen molar-refractivity contribution in [2.24, 2.45) is 0 Å². The van der Waals surface area contributed by atoms with E-state index in [4.69, 9.17) is 4.98 Å². The molecule has 168 valence electrons. The van der Waals surface area contributed by atoms with E-state index in [0.29, 0.717) is 6.42 Å². The molecule has 1 fully saturated rings. The van der Waals surface area contributed by atoms with E-state index in [-0.39, 0.29) is 16.7 Å². The van der Waals surface area contributed by atoms with Crippen molar-refractivity contribution in [1.82, 2.24) is 14.9 Å². The third-order valence-corrected chi connectivity index (χ3v) is 5.86. The molecule has 2 heterocycles. The number of aliphatic hydroxyl groups is 1. The van der Waals surface area contributed by atoms with Crippen LogP contribution in [0.15, 0.2) is 24.3 Å². The van der Waals surface area contributed by atoms with Crippen molar-refractivity contribution in [3.8, 4) is 0 Å². The zero-order chi connectivity index (χ0) is 22.4. The molecule has 0 amide bonds. The molecule has 1 aliphatic heterocycles. The zero-order valence-corrected chi connectivity index (χ0v) is 18.8. The largest absolute Gasteiger partial charge is 0.392 e. The molecule has 0 aliphatic carbocycles. The standard InChI is InChI=1S/C23H33N5O3/c1-4-5-6-21(29)16-26-11-13-27(14-12-26)23-22(17(2)24-18(3)25-23)15-19-7-9-20(10-8-19)28(30)31/h7-10,21,29H,4-6,11-16H2,1-3H3/t21-/m1/s1. The highest BCUT2D eigenvalue weighted by atomic mass is 16.6. The first-order valence-electron chi connectivity index (χ1n) is 11.1. The smallest absolute Gasteiger partial charge is 0.269 e. The number of hydrogen-bond acceptors (Lipinski definition) is 7. The Morgan fingerprint density at radius 3 is 2.42 bits per heavy atom. The Hall–Kier alpha value is -2.58. The fourth-order valence-electron chi connectivity index (χ4n) is 4.10. The van der Waals surface area contributed by atoms with Crippen molar-refractivity contribution in [2.75, 3.05) is 37.6 Å². The summed E-state index contributed by atoms with van der Waals surface area (Å²) in [5, 5.41) is 21.2. The molecule has 1 aliphatic rings. The van der Waals surface area contributed by atoms with Gasteiger partial charge in [-0.15, -0.1) is 0 Å². The van der Waals surface area contributed by atoms with Crippen LogP contribution in [0.4, 0.5) is 11.5 Å². The van der Waals surface area contributed by atoms with E-state index in [1.165, 1.54) is 0 Å². The van der Waals surface area contributed by atoms with E-state index < -0.39 is 0 Å². The first-order chi connectivity index (χ1) is 14.9. The van der Waals surface area contributed by atoms with Crippen LogP contribution >= 0.6 is 0 Å². The van der Waals surface area contributed by atoms with Gasteiger partial charge in [-0.05, 0) is 25.8 Å². The van der Waals surface area contributed by atoms with Gasteiger partial charge in [0.05, 0.1) is 11.0 Å². The first kappa shape index (κ1) is 23.1. The summed E-state index contributed by atoms with van der Waals surface area (Å²) in [7, 11) is 0. The number of aromatic nitrogens is 2. The lowest BCUT2D eigenvalue weighted by molar-refractivity contribution is -0.384. The van der Waals surface area contributed by atoms with Gasteiger partial charge in [-0.3, -0.25) is 15.0 Å². The maximum atomic E-state index is 10.9. The van der Waals surface area contributed by atoms with Gasteiger partial charge in [0.25, 0.3) is 5.69 Å². The van der Waals surface area contributed by atoms with Crippen molar-refractivity contribution in [1.29, 1.82) is 0 Å². The van der Waals surface area contributed by atoms with Gasteiger partial charge in [-0.1, -0.05) is 31.9 Å². The number of nitrogens with zero attached hydrogens (tertiary/aromatic N) is 5. The van der Waals surface area contributed by atoms with Gasteiger partial charge in [0.2, 0.25) is 0 Å². The van der Waals surface area contributed by atoms with Crippen LogP contribution in [0.5, 0.6) is 0 Å². The van der Waals surface area contributed by atoms with Gasteiger partial charge in [-0.25, -0.2) is 9.97 Å². The molecule has 2 aromatic rings. The fourth-order valence-corrected chi connectivity index (χ4v) is 4.10. The number of unbranched alkanes of at least 4 members (excludes halogenated alkanes) is 1. The van der Waals surface area contributed by atoms with Gasteiger partial charge in [0.1, 0.15) is 11.6 Å². The molecule has 1 aromatic heterocycles. The molecule has 8 nitrogen and oxygen atoms in total. The number of piperazine rings is 1. The molecular weight excluding hydrogens is 394 g/mol. The lowest BCUT2D eigenvalue weighted by Crippen LogP contribution is -2.49. The normalized spacial score (nSPS) is 15.8. The van der Waals surface area contributed by atoms with Crippen LogP contribution in [0, 0.1) is 24.0 Å². The van der Waals surface area contributed by atoms with Gasteiger partial charge in [0, 0.05) is 62.5 Å². The van der Waals surface area contributed by atoms with Crippen LogP contribution < -0.4 is 4.90 Å². The van der Waals surface area contributed by atoms with Crippen LogP contribution in [0.1, 0.15) is 48.8 Å². The highest BCUT2D eigenvalue weighted by molar-refractivity contribution is 5.52. The second-order valence-corrected chi connectivity index (χ2v) is 8.34. The van der Waals surface area contributed by atoms with Crippen molar-refractivity contribution in [3.63, 3.8) is 0 Å². The number of aryl methyl sites for hydroxylation is 2. The summed E-state index contributed by atoms with van der Waals surface area (Å²) < 4.78 is 0. The molecule has 8 heteroatoms. The predicted molar refractivity (Wildman–Crippen MR) is 122 cm³/mol. The SMILES string of the molecule is CCCC[C@@H](O)CN1CCN(c2nc(C)nc(C)c2Cc2ccc([N+](=O)[O-])cc2)CC1. The monoisotopic (exact) mass is 427 g/mol. The molecule has 0 radical (unpaired) electrons. The molecule has 0 saturated carbocycles. The number of nitro groups is 1.